The van der Waals surface area contributed by atoms with Crippen molar-refractivity contribution >= 4 is 11.6 Å². The fourth-order valence-electron chi connectivity index (χ4n) is 1.80. The van der Waals surface area contributed by atoms with E-state index in [4.69, 9.17) is 16.3 Å². The number of H-pyrrole nitrogens is 1. The number of imidazole rings is 1. The molecule has 0 atom stereocenters. The smallest absolute Gasteiger partial charge is 0.137 e. The molecule has 0 aliphatic heterocycles. The first-order valence-electron chi connectivity index (χ1n) is 6.38. The zero-order valence-corrected chi connectivity index (χ0v) is 11.7. The minimum Gasteiger partial charge on any atom is -0.492 e. The van der Waals surface area contributed by atoms with Crippen molar-refractivity contribution in [1.82, 2.24) is 15.3 Å². The van der Waals surface area contributed by atoms with Crippen LogP contribution in [0, 0.1) is 0 Å². The second kappa shape index (κ2) is 7.16. The molecule has 2 rings (SSSR count). The number of hydrogen-bond donors (Lipinski definition) is 2. The van der Waals surface area contributed by atoms with Crippen molar-refractivity contribution in [3.8, 4) is 5.75 Å². The Balaban J connectivity index is 1.78. The quantitative estimate of drug-likeness (QED) is 0.766. The SMILES string of the molecule is CCOc1ccc(CNCCc2cnc[nH]2)cc1Cl. The topological polar surface area (TPSA) is 49.9 Å². The Morgan fingerprint density at radius 2 is 2.32 bits per heavy atom. The molecule has 0 radical (unpaired) electrons. The zero-order chi connectivity index (χ0) is 13.5. The van der Waals surface area contributed by atoms with Gasteiger partial charge in [0.2, 0.25) is 0 Å². The van der Waals surface area contributed by atoms with Gasteiger partial charge in [-0.25, -0.2) is 4.98 Å². The van der Waals surface area contributed by atoms with Crippen LogP contribution >= 0.6 is 11.6 Å². The molecule has 0 amide bonds. The lowest BCUT2D eigenvalue weighted by molar-refractivity contribution is 0.340. The Kier molecular flexibility index (Phi) is 5.24. The number of nitrogens with zero attached hydrogens (tertiary/aromatic N) is 1. The van der Waals surface area contributed by atoms with Gasteiger partial charge in [-0.15, -0.1) is 0 Å². The van der Waals surface area contributed by atoms with Crippen molar-refractivity contribution < 1.29 is 4.74 Å². The Bertz CT molecular complexity index is 499. The van der Waals surface area contributed by atoms with Gasteiger partial charge < -0.3 is 15.0 Å². The summed E-state index contributed by atoms with van der Waals surface area (Å²) in [5.74, 6) is 0.741. The molecule has 0 aliphatic rings. The van der Waals surface area contributed by atoms with Gasteiger partial charge in [0.15, 0.2) is 0 Å². The van der Waals surface area contributed by atoms with Gasteiger partial charge in [0.1, 0.15) is 5.75 Å². The van der Waals surface area contributed by atoms with Crippen molar-refractivity contribution in [2.24, 2.45) is 0 Å². The van der Waals surface area contributed by atoms with Crippen LogP contribution in [0.1, 0.15) is 18.2 Å². The van der Waals surface area contributed by atoms with Crippen LogP contribution in [0.15, 0.2) is 30.7 Å². The van der Waals surface area contributed by atoms with Gasteiger partial charge in [0.25, 0.3) is 0 Å². The van der Waals surface area contributed by atoms with Crippen LogP contribution in [0.4, 0.5) is 0 Å². The number of aromatic nitrogens is 2. The van der Waals surface area contributed by atoms with Gasteiger partial charge in [-0.2, -0.15) is 0 Å². The van der Waals surface area contributed by atoms with Crippen LogP contribution in [-0.2, 0) is 13.0 Å². The summed E-state index contributed by atoms with van der Waals surface area (Å²) in [5.41, 5.74) is 2.29. The van der Waals surface area contributed by atoms with E-state index in [0.717, 1.165) is 36.5 Å². The van der Waals surface area contributed by atoms with Crippen molar-refractivity contribution in [3.63, 3.8) is 0 Å². The predicted molar refractivity (Wildman–Crippen MR) is 76.6 cm³/mol. The molecule has 1 aromatic carbocycles. The monoisotopic (exact) mass is 279 g/mol. The second-order valence-electron chi connectivity index (χ2n) is 4.20. The summed E-state index contributed by atoms with van der Waals surface area (Å²) in [5, 5.41) is 4.03. The Morgan fingerprint density at radius 3 is 3.00 bits per heavy atom. The fourth-order valence-corrected chi connectivity index (χ4v) is 2.06. The second-order valence-corrected chi connectivity index (χ2v) is 4.61. The maximum atomic E-state index is 6.14. The minimum atomic E-state index is 0.626. The normalized spacial score (nSPS) is 10.6. The lowest BCUT2D eigenvalue weighted by atomic mass is 10.2. The molecular weight excluding hydrogens is 262 g/mol. The Hall–Kier alpha value is -1.52. The molecular formula is C14H18ClN3O. The molecule has 0 saturated carbocycles. The van der Waals surface area contributed by atoms with Crippen LogP contribution in [0.2, 0.25) is 5.02 Å². The van der Waals surface area contributed by atoms with E-state index in [-0.39, 0.29) is 0 Å². The van der Waals surface area contributed by atoms with Crippen molar-refractivity contribution in [2.45, 2.75) is 19.9 Å². The first kappa shape index (κ1) is 13.9. The third kappa shape index (κ3) is 4.26. The fraction of sp³-hybridized carbons (Fsp3) is 0.357. The molecule has 0 fully saturated rings. The third-order valence-corrected chi connectivity index (χ3v) is 3.05. The number of benzene rings is 1. The number of hydrogen-bond acceptors (Lipinski definition) is 3. The first-order chi connectivity index (χ1) is 9.29. The molecule has 0 bridgehead atoms. The average Bonchev–Trinajstić information content (AvgIpc) is 2.91. The average molecular weight is 280 g/mol. The van der Waals surface area contributed by atoms with Gasteiger partial charge in [-0.3, -0.25) is 0 Å². The summed E-state index contributed by atoms with van der Waals surface area (Å²) in [7, 11) is 0. The Labute approximate surface area is 118 Å². The number of ether oxygens (including phenoxy) is 1. The highest BCUT2D eigenvalue weighted by molar-refractivity contribution is 6.32. The van der Waals surface area contributed by atoms with E-state index in [1.165, 1.54) is 0 Å². The van der Waals surface area contributed by atoms with E-state index >= 15 is 0 Å². The number of rotatable bonds is 7. The predicted octanol–water partition coefficient (Wildman–Crippen LogP) is 2.79. The lowest BCUT2D eigenvalue weighted by Gasteiger charge is -2.08. The van der Waals surface area contributed by atoms with Crippen molar-refractivity contribution in [3.05, 3.63) is 47.0 Å². The van der Waals surface area contributed by atoms with Gasteiger partial charge in [-0.05, 0) is 24.6 Å². The molecule has 1 aromatic heterocycles. The third-order valence-electron chi connectivity index (χ3n) is 2.75. The van der Waals surface area contributed by atoms with E-state index in [2.05, 4.69) is 15.3 Å². The summed E-state index contributed by atoms with van der Waals surface area (Å²) in [6.07, 6.45) is 4.47. The van der Waals surface area contributed by atoms with Crippen LogP contribution in [0.5, 0.6) is 5.75 Å². The van der Waals surface area contributed by atoms with Crippen LogP contribution in [-0.4, -0.2) is 23.1 Å². The molecule has 2 N–H and O–H groups in total. The van der Waals surface area contributed by atoms with E-state index in [9.17, 15) is 0 Å². The molecule has 4 nitrogen and oxygen atoms in total. The molecule has 1 heterocycles. The minimum absolute atomic E-state index is 0.626. The first-order valence-corrected chi connectivity index (χ1v) is 6.76. The molecule has 0 aliphatic carbocycles. The number of halogens is 1. The number of aromatic amines is 1. The highest BCUT2D eigenvalue weighted by Crippen LogP contribution is 2.25. The van der Waals surface area contributed by atoms with E-state index in [0.29, 0.717) is 11.6 Å². The summed E-state index contributed by atoms with van der Waals surface area (Å²) in [6, 6.07) is 5.88. The lowest BCUT2D eigenvalue weighted by Crippen LogP contribution is -2.16. The van der Waals surface area contributed by atoms with Gasteiger partial charge >= 0.3 is 0 Å². The standard InChI is InChI=1S/C14H18ClN3O/c1-2-19-14-4-3-11(7-13(14)15)8-16-6-5-12-9-17-10-18-12/h3-4,7,9-10,16H,2,5-6,8H2,1H3,(H,17,18). The van der Waals surface area contributed by atoms with Crippen LogP contribution in [0.25, 0.3) is 0 Å². The summed E-state index contributed by atoms with van der Waals surface area (Å²) >= 11 is 6.14. The molecule has 2 aromatic rings. The van der Waals surface area contributed by atoms with Gasteiger partial charge in [0, 0.05) is 31.4 Å². The van der Waals surface area contributed by atoms with Crippen molar-refractivity contribution in [1.29, 1.82) is 0 Å². The van der Waals surface area contributed by atoms with Crippen molar-refractivity contribution in [2.75, 3.05) is 13.2 Å². The molecule has 0 unspecified atom stereocenters. The molecule has 102 valence electrons. The molecule has 0 saturated heterocycles. The highest BCUT2D eigenvalue weighted by Gasteiger charge is 2.02. The largest absolute Gasteiger partial charge is 0.492 e. The van der Waals surface area contributed by atoms with Crippen LogP contribution in [0.3, 0.4) is 0 Å². The summed E-state index contributed by atoms with van der Waals surface area (Å²) in [4.78, 5) is 7.06. The molecule has 5 heteroatoms. The van der Waals surface area contributed by atoms with E-state index < -0.39 is 0 Å². The maximum absolute atomic E-state index is 6.14. The van der Waals surface area contributed by atoms with Gasteiger partial charge in [-0.1, -0.05) is 17.7 Å². The van der Waals surface area contributed by atoms with E-state index in [1.807, 2.05) is 31.3 Å². The number of nitrogens with one attached hydrogen (secondary N) is 2. The molecule has 0 spiro atoms. The highest BCUT2D eigenvalue weighted by atomic mass is 35.5. The summed E-state index contributed by atoms with van der Waals surface area (Å²) in [6.45, 7) is 4.26. The zero-order valence-electron chi connectivity index (χ0n) is 10.9. The Morgan fingerprint density at radius 1 is 1.42 bits per heavy atom. The van der Waals surface area contributed by atoms with E-state index in [1.54, 1.807) is 6.33 Å². The van der Waals surface area contributed by atoms with Crippen LogP contribution < -0.4 is 10.1 Å². The summed E-state index contributed by atoms with van der Waals surface area (Å²) < 4.78 is 5.40. The van der Waals surface area contributed by atoms with Gasteiger partial charge in [0.05, 0.1) is 18.0 Å². The molecule has 19 heavy (non-hydrogen) atoms. The maximum Gasteiger partial charge on any atom is 0.137 e.